The van der Waals surface area contributed by atoms with Crippen LogP contribution in [0.5, 0.6) is 5.75 Å². The molecule has 2 heterocycles. The molecule has 2 aromatic carbocycles. The summed E-state index contributed by atoms with van der Waals surface area (Å²) in [6.45, 7) is 1.50. The fraction of sp³-hybridized carbons (Fsp3) is 0.208. The van der Waals surface area contributed by atoms with Crippen molar-refractivity contribution in [3.63, 3.8) is 0 Å². The Kier molecular flexibility index (Phi) is 6.11. The third kappa shape index (κ3) is 5.00. The number of hydrogen-bond donors (Lipinski definition) is 2. The number of aromatic nitrogens is 3. The number of H-pyrrole nitrogens is 1. The minimum Gasteiger partial charge on any atom is -0.492 e. The molecule has 7 heteroatoms. The third-order valence-electron chi connectivity index (χ3n) is 4.82. The number of nitrogens with zero attached hydrogens (tertiary/aromatic N) is 4. The van der Waals surface area contributed by atoms with E-state index in [0.29, 0.717) is 19.0 Å². The van der Waals surface area contributed by atoms with E-state index >= 15 is 0 Å². The first-order chi connectivity index (χ1) is 15.1. The first kappa shape index (κ1) is 20.4. The monoisotopic (exact) mass is 412 g/mol. The molecule has 0 aliphatic carbocycles. The van der Waals surface area contributed by atoms with E-state index in [1.165, 1.54) is 0 Å². The normalized spacial score (nSPS) is 10.9. The van der Waals surface area contributed by atoms with Crippen LogP contribution in [0.3, 0.4) is 0 Å². The predicted molar refractivity (Wildman–Crippen MR) is 122 cm³/mol. The van der Waals surface area contributed by atoms with Crippen LogP contribution in [0.1, 0.15) is 5.56 Å². The quantitative estimate of drug-likeness (QED) is 0.447. The second-order valence-electron chi connectivity index (χ2n) is 7.47. The average molecular weight is 412 g/mol. The Morgan fingerprint density at radius 3 is 2.71 bits per heavy atom. The molecule has 0 aliphatic heterocycles. The Morgan fingerprint density at radius 2 is 1.94 bits per heavy atom. The van der Waals surface area contributed by atoms with Crippen LogP contribution in [0.15, 0.2) is 60.8 Å². The van der Waals surface area contributed by atoms with Gasteiger partial charge in [-0.2, -0.15) is 10.2 Å². The molecule has 0 atom stereocenters. The molecule has 0 bridgehead atoms. The van der Waals surface area contributed by atoms with Crippen molar-refractivity contribution in [2.75, 3.05) is 32.6 Å². The van der Waals surface area contributed by atoms with E-state index in [4.69, 9.17) is 15.0 Å². The molecule has 2 N–H and O–H groups in total. The van der Waals surface area contributed by atoms with Crippen molar-refractivity contribution in [3.05, 3.63) is 66.4 Å². The fourth-order valence-corrected chi connectivity index (χ4v) is 3.25. The van der Waals surface area contributed by atoms with Crippen molar-refractivity contribution in [2.24, 2.45) is 0 Å². The van der Waals surface area contributed by atoms with E-state index in [1.807, 2.05) is 74.9 Å². The standard InChI is InChI=1S/C24H24N6O/c1-30(2)14-15-31-20-8-6-19(7-9-20)27-24-28-22(21-11-13-26-23(21)29-24)18-5-3-4-17(16-18)10-12-25/h3-9,11,13,16H,10,14-15H2,1-2H3,(H2,26,27,28,29). The Bertz CT molecular complexity index is 1210. The SMILES string of the molecule is CN(C)CCOc1ccc(Nc2nc(-c3cccc(CC#N)c3)c3cc[nH]c3n2)cc1. The molecule has 156 valence electrons. The van der Waals surface area contributed by atoms with Crippen molar-refractivity contribution in [3.8, 4) is 23.1 Å². The Labute approximate surface area is 181 Å². The van der Waals surface area contributed by atoms with Gasteiger partial charge in [0.15, 0.2) is 0 Å². The molecule has 4 rings (SSSR count). The van der Waals surface area contributed by atoms with E-state index in [2.05, 4.69) is 26.3 Å². The van der Waals surface area contributed by atoms with Gasteiger partial charge < -0.3 is 19.9 Å². The molecule has 0 amide bonds. The molecule has 0 saturated carbocycles. The predicted octanol–water partition coefficient (Wildman–Crippen LogP) is 4.37. The van der Waals surface area contributed by atoms with Crippen molar-refractivity contribution >= 4 is 22.7 Å². The van der Waals surface area contributed by atoms with Crippen LogP contribution in [0.25, 0.3) is 22.3 Å². The van der Waals surface area contributed by atoms with E-state index in [-0.39, 0.29) is 0 Å². The summed E-state index contributed by atoms with van der Waals surface area (Å²) >= 11 is 0. The molecule has 0 saturated heterocycles. The van der Waals surface area contributed by atoms with Crippen LogP contribution >= 0.6 is 0 Å². The van der Waals surface area contributed by atoms with Gasteiger partial charge in [0, 0.05) is 29.4 Å². The van der Waals surface area contributed by atoms with Gasteiger partial charge in [-0.3, -0.25) is 0 Å². The van der Waals surface area contributed by atoms with Gasteiger partial charge in [-0.15, -0.1) is 0 Å². The molecule has 0 unspecified atom stereocenters. The molecule has 7 nitrogen and oxygen atoms in total. The van der Waals surface area contributed by atoms with Crippen molar-refractivity contribution < 1.29 is 4.74 Å². The van der Waals surface area contributed by atoms with Gasteiger partial charge in [-0.05, 0) is 56.1 Å². The Balaban J connectivity index is 1.58. The van der Waals surface area contributed by atoms with Crippen LogP contribution in [0.2, 0.25) is 0 Å². The summed E-state index contributed by atoms with van der Waals surface area (Å²) in [6, 6.07) is 19.8. The number of likely N-dealkylation sites (N-methyl/N-ethyl adjacent to an activating group) is 1. The number of hydrogen-bond acceptors (Lipinski definition) is 6. The maximum atomic E-state index is 9.02. The van der Waals surface area contributed by atoms with Crippen molar-refractivity contribution in [1.82, 2.24) is 19.9 Å². The smallest absolute Gasteiger partial charge is 0.229 e. The zero-order valence-electron chi connectivity index (χ0n) is 17.6. The summed E-state index contributed by atoms with van der Waals surface area (Å²) in [4.78, 5) is 14.6. The molecule has 0 aliphatic rings. The number of benzene rings is 2. The third-order valence-corrected chi connectivity index (χ3v) is 4.82. The summed E-state index contributed by atoms with van der Waals surface area (Å²) < 4.78 is 5.75. The number of fused-ring (bicyclic) bond motifs is 1. The largest absolute Gasteiger partial charge is 0.492 e. The van der Waals surface area contributed by atoms with Crippen molar-refractivity contribution in [2.45, 2.75) is 6.42 Å². The van der Waals surface area contributed by atoms with Crippen LogP contribution in [-0.4, -0.2) is 47.1 Å². The number of nitriles is 1. The maximum absolute atomic E-state index is 9.02. The zero-order valence-corrected chi connectivity index (χ0v) is 17.6. The van der Waals surface area contributed by atoms with Gasteiger partial charge >= 0.3 is 0 Å². The molecular formula is C24H24N6O. The van der Waals surface area contributed by atoms with Crippen LogP contribution in [-0.2, 0) is 6.42 Å². The highest BCUT2D eigenvalue weighted by Crippen LogP contribution is 2.28. The first-order valence-electron chi connectivity index (χ1n) is 10.1. The van der Waals surface area contributed by atoms with E-state index in [9.17, 15) is 0 Å². The number of ether oxygens (including phenoxy) is 1. The van der Waals surface area contributed by atoms with E-state index in [1.54, 1.807) is 0 Å². The fourth-order valence-electron chi connectivity index (χ4n) is 3.25. The molecule has 31 heavy (non-hydrogen) atoms. The molecule has 4 aromatic rings. The summed E-state index contributed by atoms with van der Waals surface area (Å²) in [6.07, 6.45) is 2.22. The molecular weight excluding hydrogens is 388 g/mol. The maximum Gasteiger partial charge on any atom is 0.229 e. The Morgan fingerprint density at radius 1 is 1.10 bits per heavy atom. The van der Waals surface area contributed by atoms with Gasteiger partial charge in [-0.1, -0.05) is 18.2 Å². The van der Waals surface area contributed by atoms with Crippen LogP contribution < -0.4 is 10.1 Å². The van der Waals surface area contributed by atoms with Gasteiger partial charge in [0.25, 0.3) is 0 Å². The molecule has 2 aromatic heterocycles. The van der Waals surface area contributed by atoms with Gasteiger partial charge in [-0.25, -0.2) is 4.98 Å². The van der Waals surface area contributed by atoms with E-state index in [0.717, 1.165) is 45.8 Å². The lowest BCUT2D eigenvalue weighted by Gasteiger charge is -2.12. The van der Waals surface area contributed by atoms with Crippen molar-refractivity contribution in [1.29, 1.82) is 5.26 Å². The first-order valence-corrected chi connectivity index (χ1v) is 10.1. The lowest BCUT2D eigenvalue weighted by molar-refractivity contribution is 0.261. The number of rotatable bonds is 8. The Hall–Kier alpha value is -3.89. The highest BCUT2D eigenvalue weighted by atomic mass is 16.5. The summed E-state index contributed by atoms with van der Waals surface area (Å²) in [5.74, 6) is 1.32. The number of nitrogens with one attached hydrogen (secondary N) is 2. The highest BCUT2D eigenvalue weighted by Gasteiger charge is 2.12. The zero-order chi connectivity index (χ0) is 21.6. The second kappa shape index (κ2) is 9.28. The minimum atomic E-state index is 0.364. The lowest BCUT2D eigenvalue weighted by Crippen LogP contribution is -2.19. The number of anilines is 2. The summed E-state index contributed by atoms with van der Waals surface area (Å²) in [5, 5.41) is 13.2. The van der Waals surface area contributed by atoms with Crippen LogP contribution in [0, 0.1) is 11.3 Å². The molecule has 0 fully saturated rings. The van der Waals surface area contributed by atoms with E-state index < -0.39 is 0 Å². The second-order valence-corrected chi connectivity index (χ2v) is 7.47. The average Bonchev–Trinajstić information content (AvgIpc) is 3.23. The topological polar surface area (TPSA) is 89.9 Å². The summed E-state index contributed by atoms with van der Waals surface area (Å²) in [7, 11) is 4.04. The van der Waals surface area contributed by atoms with Crippen LogP contribution in [0.4, 0.5) is 11.6 Å². The molecule has 0 spiro atoms. The number of aromatic amines is 1. The van der Waals surface area contributed by atoms with Gasteiger partial charge in [0.2, 0.25) is 5.95 Å². The van der Waals surface area contributed by atoms with Gasteiger partial charge in [0.05, 0.1) is 18.2 Å². The summed E-state index contributed by atoms with van der Waals surface area (Å²) in [5.41, 5.74) is 4.35. The molecule has 0 radical (unpaired) electrons. The highest BCUT2D eigenvalue weighted by molar-refractivity contribution is 5.91. The minimum absolute atomic E-state index is 0.364. The lowest BCUT2D eigenvalue weighted by atomic mass is 10.0. The van der Waals surface area contributed by atoms with Gasteiger partial charge in [0.1, 0.15) is 18.0 Å².